The zero-order valence-electron chi connectivity index (χ0n) is 17.3. The highest BCUT2D eigenvalue weighted by atomic mass is 79.9. The van der Waals surface area contributed by atoms with Crippen molar-refractivity contribution >= 4 is 23.1 Å². The molecule has 0 bridgehead atoms. The van der Waals surface area contributed by atoms with Crippen LogP contribution < -0.4 is 21.9 Å². The Labute approximate surface area is 199 Å². The van der Waals surface area contributed by atoms with E-state index in [9.17, 15) is 5.11 Å². The van der Waals surface area contributed by atoms with Gasteiger partial charge in [0.25, 0.3) is 11.6 Å². The lowest BCUT2D eigenvalue weighted by molar-refractivity contribution is -0.658. The largest absolute Gasteiger partial charge is 1.00 e. The molecule has 0 amide bonds. The Morgan fingerprint density at radius 2 is 1.48 bits per heavy atom. The number of halogens is 2. The number of benzene rings is 3. The van der Waals surface area contributed by atoms with Crippen LogP contribution in [0.4, 0.5) is 5.69 Å². The molecule has 2 heterocycles. The molecule has 5 heteroatoms. The first kappa shape index (κ1) is 22.1. The summed E-state index contributed by atoms with van der Waals surface area (Å²) in [5, 5.41) is 12.7. The maximum absolute atomic E-state index is 12.0. The normalized spacial score (nSPS) is 20.8. The first-order valence-electron chi connectivity index (χ1n) is 10.7. The molecular formula is C26H26BrClN2O. The van der Waals surface area contributed by atoms with Crippen molar-refractivity contribution in [1.29, 1.82) is 0 Å². The minimum Gasteiger partial charge on any atom is -1.00 e. The van der Waals surface area contributed by atoms with E-state index in [2.05, 4.69) is 58.0 Å². The van der Waals surface area contributed by atoms with E-state index >= 15 is 0 Å². The second-order valence-electron chi connectivity index (χ2n) is 8.20. The van der Waals surface area contributed by atoms with E-state index < -0.39 is 5.72 Å². The molecule has 1 atom stereocenters. The lowest BCUT2D eigenvalue weighted by atomic mass is 9.98. The van der Waals surface area contributed by atoms with Crippen molar-refractivity contribution in [1.82, 2.24) is 0 Å². The second kappa shape index (κ2) is 9.15. The first-order valence-corrected chi connectivity index (χ1v) is 11.1. The van der Waals surface area contributed by atoms with Crippen LogP contribution in [0.2, 0.25) is 5.02 Å². The molecular weight excluding hydrogens is 472 g/mol. The van der Waals surface area contributed by atoms with Crippen LogP contribution in [-0.2, 0) is 5.72 Å². The van der Waals surface area contributed by atoms with E-state index in [-0.39, 0.29) is 17.0 Å². The van der Waals surface area contributed by atoms with Gasteiger partial charge in [-0.05, 0) is 54.7 Å². The van der Waals surface area contributed by atoms with Gasteiger partial charge in [-0.3, -0.25) is 0 Å². The van der Waals surface area contributed by atoms with Crippen LogP contribution in [0, 0.1) is 0 Å². The highest BCUT2D eigenvalue weighted by Crippen LogP contribution is 2.36. The van der Waals surface area contributed by atoms with E-state index in [1.54, 1.807) is 0 Å². The monoisotopic (exact) mass is 496 g/mol. The Morgan fingerprint density at radius 1 is 0.806 bits per heavy atom. The quantitative estimate of drug-likeness (QED) is 0.563. The topological polar surface area (TPSA) is 26.5 Å². The summed E-state index contributed by atoms with van der Waals surface area (Å²) in [4.78, 5) is 2.27. The standard InChI is InChI=1S/C26H26ClN2O.BrH/c27-23-14-16-24(17-15-23)28-19-26(30,29-18-6-2-5-9-25(28)29)22-12-10-21(11-13-22)20-7-3-1-4-8-20;/h1,3-4,7-8,10-17,30H,2,5-6,9,18-19H2;1H/q+1;/p-1. The van der Waals surface area contributed by atoms with Gasteiger partial charge in [0, 0.05) is 17.0 Å². The smallest absolute Gasteiger partial charge is 0.271 e. The molecule has 1 N–H and O–H groups in total. The van der Waals surface area contributed by atoms with Gasteiger partial charge < -0.3 is 22.1 Å². The summed E-state index contributed by atoms with van der Waals surface area (Å²) in [5.41, 5.74) is 3.34. The summed E-state index contributed by atoms with van der Waals surface area (Å²) in [7, 11) is 0. The third-order valence-corrected chi connectivity index (χ3v) is 6.57. The van der Waals surface area contributed by atoms with Crippen molar-refractivity contribution in [2.45, 2.75) is 31.4 Å². The van der Waals surface area contributed by atoms with Gasteiger partial charge in [-0.1, -0.05) is 66.2 Å². The van der Waals surface area contributed by atoms with Crippen molar-refractivity contribution < 1.29 is 26.7 Å². The molecule has 0 aromatic heterocycles. The summed E-state index contributed by atoms with van der Waals surface area (Å²) in [5.74, 6) is 1.21. The predicted molar refractivity (Wildman–Crippen MR) is 123 cm³/mol. The predicted octanol–water partition coefficient (Wildman–Crippen LogP) is 2.66. The number of anilines is 1. The Kier molecular flexibility index (Phi) is 6.52. The van der Waals surface area contributed by atoms with E-state index in [0.717, 1.165) is 47.6 Å². The first-order chi connectivity index (χ1) is 14.6. The lowest BCUT2D eigenvalue weighted by Crippen LogP contribution is -3.00. The fraction of sp³-hybridized carbons (Fsp3) is 0.269. The summed E-state index contributed by atoms with van der Waals surface area (Å²) >= 11 is 6.11. The highest BCUT2D eigenvalue weighted by Gasteiger charge is 2.51. The number of hydrogen-bond acceptors (Lipinski definition) is 2. The van der Waals surface area contributed by atoms with Crippen molar-refractivity contribution in [3.63, 3.8) is 0 Å². The van der Waals surface area contributed by atoms with Crippen molar-refractivity contribution in [3.8, 4) is 11.1 Å². The van der Waals surface area contributed by atoms with Crippen LogP contribution in [0.3, 0.4) is 0 Å². The fourth-order valence-corrected chi connectivity index (χ4v) is 4.86. The van der Waals surface area contributed by atoms with E-state index in [0.29, 0.717) is 6.54 Å². The molecule has 2 aliphatic rings. The molecule has 3 aromatic rings. The highest BCUT2D eigenvalue weighted by molar-refractivity contribution is 6.30. The average Bonchev–Trinajstić information content (AvgIpc) is 2.94. The molecule has 2 aliphatic heterocycles. The van der Waals surface area contributed by atoms with Gasteiger partial charge in [-0.25, -0.2) is 9.48 Å². The van der Waals surface area contributed by atoms with Crippen LogP contribution in [-0.4, -0.2) is 28.6 Å². The molecule has 0 saturated heterocycles. The minimum absolute atomic E-state index is 0. The number of aliphatic hydroxyl groups is 1. The molecule has 0 saturated carbocycles. The summed E-state index contributed by atoms with van der Waals surface area (Å²) < 4.78 is 2.23. The number of amidine groups is 1. The van der Waals surface area contributed by atoms with E-state index in [4.69, 9.17) is 11.6 Å². The molecule has 0 spiro atoms. The maximum Gasteiger partial charge on any atom is 0.271 e. The zero-order chi connectivity index (χ0) is 20.6. The van der Waals surface area contributed by atoms with Gasteiger partial charge in [0.2, 0.25) is 0 Å². The van der Waals surface area contributed by atoms with Gasteiger partial charge >= 0.3 is 0 Å². The minimum atomic E-state index is -1.03. The van der Waals surface area contributed by atoms with Crippen LogP contribution in [0.5, 0.6) is 0 Å². The average molecular weight is 498 g/mol. The molecule has 3 nitrogen and oxygen atoms in total. The van der Waals surface area contributed by atoms with Crippen LogP contribution in [0.1, 0.15) is 31.2 Å². The number of β-amino-alcohol motifs (C(OH)–C–C–N with tert-alkyl or cyclic N) is 1. The summed E-state index contributed by atoms with van der Waals surface area (Å²) in [6.45, 7) is 1.39. The zero-order valence-corrected chi connectivity index (χ0v) is 19.7. The van der Waals surface area contributed by atoms with Crippen LogP contribution >= 0.6 is 11.6 Å². The van der Waals surface area contributed by atoms with E-state index in [1.165, 1.54) is 17.8 Å². The third kappa shape index (κ3) is 4.17. The second-order valence-corrected chi connectivity index (χ2v) is 8.64. The molecule has 1 unspecified atom stereocenters. The Hall–Kier alpha value is -2.14. The maximum atomic E-state index is 12.0. The SMILES string of the molecule is OC1(c2ccc(-c3ccccc3)cc2)CN(c2ccc(Cl)cc2)C2=[N+]1CCCCC2.[Br-]. The van der Waals surface area contributed by atoms with Crippen molar-refractivity contribution in [3.05, 3.63) is 89.4 Å². The van der Waals surface area contributed by atoms with Gasteiger partial charge in [-0.15, -0.1) is 0 Å². The molecule has 5 rings (SSSR count). The summed E-state index contributed by atoms with van der Waals surface area (Å²) in [6.07, 6.45) is 4.42. The molecule has 31 heavy (non-hydrogen) atoms. The molecule has 3 aromatic carbocycles. The number of rotatable bonds is 3. The Morgan fingerprint density at radius 3 is 2.19 bits per heavy atom. The van der Waals surface area contributed by atoms with Crippen LogP contribution in [0.15, 0.2) is 78.9 Å². The van der Waals surface area contributed by atoms with Gasteiger partial charge in [0.1, 0.15) is 5.69 Å². The molecule has 0 aliphatic carbocycles. The molecule has 0 fully saturated rings. The lowest BCUT2D eigenvalue weighted by Gasteiger charge is -2.24. The summed E-state index contributed by atoms with van der Waals surface area (Å²) in [6, 6.07) is 26.7. The van der Waals surface area contributed by atoms with Gasteiger partial charge in [0.15, 0.2) is 6.54 Å². The van der Waals surface area contributed by atoms with Crippen molar-refractivity contribution in [2.24, 2.45) is 0 Å². The molecule has 0 radical (unpaired) electrons. The molecule has 160 valence electrons. The number of hydrogen-bond donors (Lipinski definition) is 1. The van der Waals surface area contributed by atoms with Gasteiger partial charge in [0.05, 0.1) is 6.54 Å². The van der Waals surface area contributed by atoms with Gasteiger partial charge in [-0.2, -0.15) is 0 Å². The Balaban J connectivity index is 0.00000231. The number of nitrogens with zero attached hydrogens (tertiary/aromatic N) is 2. The third-order valence-electron chi connectivity index (χ3n) is 6.32. The van der Waals surface area contributed by atoms with E-state index in [1.807, 2.05) is 30.3 Å². The van der Waals surface area contributed by atoms with Crippen LogP contribution in [0.25, 0.3) is 11.1 Å². The fourth-order valence-electron chi connectivity index (χ4n) is 4.74. The Bertz CT molecular complexity index is 1070. The van der Waals surface area contributed by atoms with Crippen molar-refractivity contribution in [2.75, 3.05) is 18.0 Å².